The highest BCUT2D eigenvalue weighted by Gasteiger charge is 2.16. The maximum Gasteiger partial charge on any atom is 0.168 e. The van der Waals surface area contributed by atoms with Gasteiger partial charge in [0.05, 0.1) is 19.6 Å². The quantitative estimate of drug-likeness (QED) is 0.837. The molecule has 1 heterocycles. The molecule has 3 nitrogen and oxygen atoms in total. The summed E-state index contributed by atoms with van der Waals surface area (Å²) in [5.74, 6) is -0.00858. The van der Waals surface area contributed by atoms with Gasteiger partial charge in [-0.05, 0) is 37.1 Å². The van der Waals surface area contributed by atoms with E-state index < -0.39 is 0 Å². The van der Waals surface area contributed by atoms with Crippen molar-refractivity contribution in [1.29, 1.82) is 0 Å². The second-order valence-electron chi connectivity index (χ2n) is 4.70. The van der Waals surface area contributed by atoms with Gasteiger partial charge in [0.2, 0.25) is 0 Å². The number of furan rings is 1. The maximum absolute atomic E-state index is 14.2. The van der Waals surface area contributed by atoms with E-state index in [1.807, 2.05) is 12.1 Å². The highest BCUT2D eigenvalue weighted by Crippen LogP contribution is 2.25. The Hall–Kier alpha value is -1.81. The summed E-state index contributed by atoms with van der Waals surface area (Å²) >= 11 is 0. The molecule has 0 radical (unpaired) electrons. The number of halogens is 1. The molecule has 0 aliphatic carbocycles. The van der Waals surface area contributed by atoms with Crippen LogP contribution >= 0.6 is 0 Å². The number of ether oxygens (including phenoxy) is 1. The largest absolute Gasteiger partial charge is 0.494 e. The Morgan fingerprint density at radius 1 is 1.35 bits per heavy atom. The maximum atomic E-state index is 14.2. The molecular formula is C16H20FNO2. The van der Waals surface area contributed by atoms with Crippen LogP contribution in [0.1, 0.15) is 30.5 Å². The third-order valence-corrected chi connectivity index (χ3v) is 3.27. The first-order chi connectivity index (χ1) is 9.76. The van der Waals surface area contributed by atoms with Gasteiger partial charge in [-0.25, -0.2) is 4.39 Å². The first kappa shape index (κ1) is 14.6. The van der Waals surface area contributed by atoms with Crippen LogP contribution < -0.4 is 10.1 Å². The number of nitrogens with one attached hydrogen (secondary N) is 1. The molecule has 0 aliphatic heterocycles. The average molecular weight is 277 g/mol. The Morgan fingerprint density at radius 2 is 2.20 bits per heavy atom. The predicted molar refractivity (Wildman–Crippen MR) is 76.4 cm³/mol. The molecule has 0 aliphatic rings. The number of methoxy groups -OCH3 is 1. The summed E-state index contributed by atoms with van der Waals surface area (Å²) in [4.78, 5) is 0. The van der Waals surface area contributed by atoms with E-state index in [4.69, 9.17) is 9.15 Å². The zero-order valence-corrected chi connectivity index (χ0v) is 11.9. The van der Waals surface area contributed by atoms with E-state index in [0.29, 0.717) is 12.0 Å². The summed E-state index contributed by atoms with van der Waals surface area (Å²) in [5.41, 5.74) is 1.67. The Kier molecular flexibility index (Phi) is 5.18. The number of hydrogen-bond acceptors (Lipinski definition) is 3. The fraction of sp³-hybridized carbons (Fsp3) is 0.375. The minimum atomic E-state index is -0.290. The third-order valence-electron chi connectivity index (χ3n) is 3.27. The van der Waals surface area contributed by atoms with Gasteiger partial charge in [0.1, 0.15) is 0 Å². The van der Waals surface area contributed by atoms with Crippen molar-refractivity contribution in [2.45, 2.75) is 25.8 Å². The van der Waals surface area contributed by atoms with Crippen LogP contribution in [0.4, 0.5) is 4.39 Å². The van der Waals surface area contributed by atoms with Crippen LogP contribution in [-0.2, 0) is 6.42 Å². The van der Waals surface area contributed by atoms with E-state index in [-0.39, 0.29) is 17.6 Å². The molecule has 0 spiro atoms. The fourth-order valence-corrected chi connectivity index (χ4v) is 2.19. The van der Waals surface area contributed by atoms with Crippen molar-refractivity contribution < 1.29 is 13.5 Å². The highest BCUT2D eigenvalue weighted by molar-refractivity contribution is 5.32. The lowest BCUT2D eigenvalue weighted by Gasteiger charge is -2.18. The van der Waals surface area contributed by atoms with Crippen LogP contribution in [0.2, 0.25) is 0 Å². The van der Waals surface area contributed by atoms with Gasteiger partial charge in [0.15, 0.2) is 11.6 Å². The molecule has 0 fully saturated rings. The molecule has 20 heavy (non-hydrogen) atoms. The molecule has 1 atom stereocenters. The molecule has 4 heteroatoms. The smallest absolute Gasteiger partial charge is 0.168 e. The molecule has 1 N–H and O–H groups in total. The molecule has 1 aromatic heterocycles. The lowest BCUT2D eigenvalue weighted by Crippen LogP contribution is -2.24. The normalized spacial score (nSPS) is 12.3. The molecular weight excluding hydrogens is 257 g/mol. The highest BCUT2D eigenvalue weighted by atomic mass is 19.1. The van der Waals surface area contributed by atoms with Gasteiger partial charge in [-0.2, -0.15) is 0 Å². The molecule has 2 aromatic rings. The minimum Gasteiger partial charge on any atom is -0.494 e. The van der Waals surface area contributed by atoms with Gasteiger partial charge in [-0.3, -0.25) is 0 Å². The summed E-state index contributed by atoms with van der Waals surface area (Å²) in [7, 11) is 1.48. The summed E-state index contributed by atoms with van der Waals surface area (Å²) in [6.45, 7) is 2.98. The van der Waals surface area contributed by atoms with Crippen molar-refractivity contribution in [3.63, 3.8) is 0 Å². The van der Waals surface area contributed by atoms with Crippen molar-refractivity contribution in [2.75, 3.05) is 13.7 Å². The first-order valence-electron chi connectivity index (χ1n) is 6.83. The Labute approximate surface area is 118 Å². The monoisotopic (exact) mass is 277 g/mol. The molecule has 108 valence electrons. The van der Waals surface area contributed by atoms with Crippen molar-refractivity contribution in [3.05, 3.63) is 53.7 Å². The van der Waals surface area contributed by atoms with Crippen LogP contribution in [0, 0.1) is 5.82 Å². The summed E-state index contributed by atoms with van der Waals surface area (Å²) in [5, 5.41) is 3.42. The molecule has 0 bridgehead atoms. The Morgan fingerprint density at radius 3 is 2.85 bits per heavy atom. The molecule has 0 saturated carbocycles. The molecule has 1 unspecified atom stereocenters. The predicted octanol–water partition coefficient (Wildman–Crippen LogP) is 3.71. The van der Waals surface area contributed by atoms with Crippen molar-refractivity contribution >= 4 is 0 Å². The van der Waals surface area contributed by atoms with Gasteiger partial charge in [-0.1, -0.05) is 19.1 Å². The zero-order chi connectivity index (χ0) is 14.4. The second kappa shape index (κ2) is 7.10. The first-order valence-corrected chi connectivity index (χ1v) is 6.83. The van der Waals surface area contributed by atoms with E-state index in [1.54, 1.807) is 24.7 Å². The lowest BCUT2D eigenvalue weighted by atomic mass is 10.00. The topological polar surface area (TPSA) is 34.4 Å². The summed E-state index contributed by atoms with van der Waals surface area (Å²) < 4.78 is 24.4. The lowest BCUT2D eigenvalue weighted by molar-refractivity contribution is 0.382. The standard InChI is InChI=1S/C16H20FNO2/c1-3-8-18-14(13-7-9-20-11-13)10-12-5-4-6-15(19-2)16(12)17/h4-7,9,11,14,18H,3,8,10H2,1-2H3. The Bertz CT molecular complexity index is 525. The van der Waals surface area contributed by atoms with Crippen LogP contribution in [0.15, 0.2) is 41.2 Å². The van der Waals surface area contributed by atoms with Gasteiger partial charge >= 0.3 is 0 Å². The SMILES string of the molecule is CCCNC(Cc1cccc(OC)c1F)c1ccoc1. The molecule has 0 amide bonds. The van der Waals surface area contributed by atoms with E-state index in [9.17, 15) is 4.39 Å². The van der Waals surface area contributed by atoms with Crippen LogP contribution in [0.3, 0.4) is 0 Å². The van der Waals surface area contributed by atoms with Crippen molar-refractivity contribution in [2.24, 2.45) is 0 Å². The van der Waals surface area contributed by atoms with Crippen LogP contribution in [0.25, 0.3) is 0 Å². The second-order valence-corrected chi connectivity index (χ2v) is 4.70. The van der Waals surface area contributed by atoms with Gasteiger partial charge in [-0.15, -0.1) is 0 Å². The van der Waals surface area contributed by atoms with Crippen LogP contribution in [-0.4, -0.2) is 13.7 Å². The molecule has 2 rings (SSSR count). The minimum absolute atomic E-state index is 0.0373. The average Bonchev–Trinajstić information content (AvgIpc) is 2.99. The summed E-state index contributed by atoms with van der Waals surface area (Å²) in [6, 6.07) is 7.17. The molecule has 0 saturated heterocycles. The Balaban J connectivity index is 2.19. The van der Waals surface area contributed by atoms with Crippen LogP contribution in [0.5, 0.6) is 5.75 Å². The number of rotatable bonds is 7. The zero-order valence-electron chi connectivity index (χ0n) is 11.9. The van der Waals surface area contributed by atoms with Gasteiger partial charge < -0.3 is 14.5 Å². The van der Waals surface area contributed by atoms with Gasteiger partial charge in [0, 0.05) is 11.6 Å². The number of hydrogen-bond donors (Lipinski definition) is 1. The summed E-state index contributed by atoms with van der Waals surface area (Å²) in [6.07, 6.45) is 4.92. The third kappa shape index (κ3) is 3.39. The van der Waals surface area contributed by atoms with E-state index >= 15 is 0 Å². The van der Waals surface area contributed by atoms with Crippen molar-refractivity contribution in [1.82, 2.24) is 5.32 Å². The van der Waals surface area contributed by atoms with Crippen molar-refractivity contribution in [3.8, 4) is 5.75 Å². The number of benzene rings is 1. The fourth-order valence-electron chi connectivity index (χ4n) is 2.19. The van der Waals surface area contributed by atoms with E-state index in [1.165, 1.54) is 7.11 Å². The van der Waals surface area contributed by atoms with E-state index in [0.717, 1.165) is 18.5 Å². The van der Waals surface area contributed by atoms with Gasteiger partial charge in [0.25, 0.3) is 0 Å². The van der Waals surface area contributed by atoms with E-state index in [2.05, 4.69) is 12.2 Å². The molecule has 1 aromatic carbocycles.